The van der Waals surface area contributed by atoms with Crippen LogP contribution in [-0.2, 0) is 6.42 Å². The number of nitrogens with zero attached hydrogens (tertiary/aromatic N) is 1. The predicted octanol–water partition coefficient (Wildman–Crippen LogP) is 2.45. The molecule has 21 heavy (non-hydrogen) atoms. The van der Waals surface area contributed by atoms with Gasteiger partial charge in [0.1, 0.15) is 18.1 Å². The first kappa shape index (κ1) is 16.1. The van der Waals surface area contributed by atoms with E-state index in [9.17, 15) is 0 Å². The molecule has 1 aromatic rings. The monoisotopic (exact) mass is 292 g/mol. The molecule has 1 aliphatic heterocycles. The molecule has 1 unspecified atom stereocenters. The van der Waals surface area contributed by atoms with Gasteiger partial charge in [-0.05, 0) is 50.4 Å². The molecular formula is C17H28N2O2. The predicted molar refractivity (Wildman–Crippen MR) is 86.1 cm³/mol. The third kappa shape index (κ3) is 4.90. The Morgan fingerprint density at radius 3 is 2.71 bits per heavy atom. The van der Waals surface area contributed by atoms with Gasteiger partial charge in [-0.2, -0.15) is 0 Å². The summed E-state index contributed by atoms with van der Waals surface area (Å²) in [6.07, 6.45) is 4.45. The fourth-order valence-electron chi connectivity index (χ4n) is 2.68. The molecule has 0 radical (unpaired) electrons. The van der Waals surface area contributed by atoms with E-state index in [0.29, 0.717) is 0 Å². The van der Waals surface area contributed by atoms with E-state index in [-0.39, 0.29) is 6.04 Å². The van der Waals surface area contributed by atoms with Crippen molar-refractivity contribution in [1.29, 1.82) is 0 Å². The summed E-state index contributed by atoms with van der Waals surface area (Å²) in [6, 6.07) is 6.20. The maximum absolute atomic E-state index is 6.08. The Morgan fingerprint density at radius 2 is 2.05 bits per heavy atom. The number of hydrogen-bond donors (Lipinski definition) is 1. The molecule has 1 aliphatic rings. The molecule has 0 bridgehead atoms. The standard InChI is InChI=1S/C17H28N2O2/c1-3-15(18)12-14-6-7-16(20-2)13-17(14)21-11-10-19-8-4-5-9-19/h6-7,13,15H,3-5,8-12,18H2,1-2H3. The van der Waals surface area contributed by atoms with Crippen molar-refractivity contribution in [1.82, 2.24) is 4.90 Å². The minimum Gasteiger partial charge on any atom is -0.497 e. The molecule has 1 atom stereocenters. The largest absolute Gasteiger partial charge is 0.497 e. The average molecular weight is 292 g/mol. The van der Waals surface area contributed by atoms with Gasteiger partial charge in [0.2, 0.25) is 0 Å². The van der Waals surface area contributed by atoms with Gasteiger partial charge in [0, 0.05) is 18.7 Å². The highest BCUT2D eigenvalue weighted by Gasteiger charge is 2.13. The topological polar surface area (TPSA) is 47.7 Å². The van der Waals surface area contributed by atoms with Gasteiger partial charge in [-0.15, -0.1) is 0 Å². The summed E-state index contributed by atoms with van der Waals surface area (Å²) >= 11 is 0. The lowest BCUT2D eigenvalue weighted by Gasteiger charge is -2.18. The molecule has 1 aromatic carbocycles. The van der Waals surface area contributed by atoms with Gasteiger partial charge in [-0.3, -0.25) is 4.90 Å². The first-order valence-corrected chi connectivity index (χ1v) is 8.00. The molecule has 2 N–H and O–H groups in total. The lowest BCUT2D eigenvalue weighted by molar-refractivity contribution is 0.235. The summed E-state index contributed by atoms with van der Waals surface area (Å²) in [6.45, 7) is 6.24. The molecule has 1 fully saturated rings. The molecule has 0 saturated carbocycles. The maximum Gasteiger partial charge on any atom is 0.126 e. The molecule has 4 heteroatoms. The van der Waals surface area contributed by atoms with E-state index in [1.807, 2.05) is 12.1 Å². The summed E-state index contributed by atoms with van der Waals surface area (Å²) < 4.78 is 11.3. The second kappa shape index (κ2) is 8.25. The van der Waals surface area contributed by atoms with Gasteiger partial charge in [0.25, 0.3) is 0 Å². The van der Waals surface area contributed by atoms with Crippen LogP contribution in [-0.4, -0.2) is 44.3 Å². The van der Waals surface area contributed by atoms with Crippen LogP contribution in [0.4, 0.5) is 0 Å². The Balaban J connectivity index is 1.96. The van der Waals surface area contributed by atoms with Gasteiger partial charge < -0.3 is 15.2 Å². The third-order valence-electron chi connectivity index (χ3n) is 4.14. The molecule has 0 amide bonds. The van der Waals surface area contributed by atoms with E-state index < -0.39 is 0 Å². The minimum absolute atomic E-state index is 0.180. The Labute approximate surface area is 128 Å². The van der Waals surface area contributed by atoms with Crippen LogP contribution in [0.2, 0.25) is 0 Å². The number of benzene rings is 1. The summed E-state index contributed by atoms with van der Waals surface area (Å²) in [4.78, 5) is 2.46. The minimum atomic E-state index is 0.180. The van der Waals surface area contributed by atoms with Crippen molar-refractivity contribution >= 4 is 0 Å². The Bertz CT molecular complexity index is 431. The zero-order valence-corrected chi connectivity index (χ0v) is 13.3. The number of methoxy groups -OCH3 is 1. The quantitative estimate of drug-likeness (QED) is 0.799. The summed E-state index contributed by atoms with van der Waals surface area (Å²) in [5, 5.41) is 0. The smallest absolute Gasteiger partial charge is 0.126 e. The molecule has 4 nitrogen and oxygen atoms in total. The van der Waals surface area contributed by atoms with Crippen molar-refractivity contribution in [2.24, 2.45) is 5.73 Å². The molecule has 0 aromatic heterocycles. The fraction of sp³-hybridized carbons (Fsp3) is 0.647. The molecular weight excluding hydrogens is 264 g/mol. The lowest BCUT2D eigenvalue weighted by atomic mass is 10.0. The van der Waals surface area contributed by atoms with Crippen molar-refractivity contribution in [2.75, 3.05) is 33.4 Å². The third-order valence-corrected chi connectivity index (χ3v) is 4.14. The number of ether oxygens (including phenoxy) is 2. The van der Waals surface area contributed by atoms with Crippen LogP contribution in [0.1, 0.15) is 31.7 Å². The van der Waals surface area contributed by atoms with Gasteiger partial charge >= 0.3 is 0 Å². The van der Waals surface area contributed by atoms with Gasteiger partial charge in [-0.1, -0.05) is 13.0 Å². The SMILES string of the molecule is CCC(N)Cc1ccc(OC)cc1OCCN1CCCC1. The van der Waals surface area contributed by atoms with E-state index >= 15 is 0 Å². The van der Waals surface area contributed by atoms with Crippen molar-refractivity contribution in [3.05, 3.63) is 23.8 Å². The zero-order chi connectivity index (χ0) is 15.1. The van der Waals surface area contributed by atoms with E-state index in [2.05, 4.69) is 17.9 Å². The van der Waals surface area contributed by atoms with E-state index in [0.717, 1.165) is 37.5 Å². The summed E-state index contributed by atoms with van der Waals surface area (Å²) in [5.41, 5.74) is 7.25. The Morgan fingerprint density at radius 1 is 1.29 bits per heavy atom. The number of likely N-dealkylation sites (tertiary alicyclic amines) is 1. The molecule has 118 valence electrons. The normalized spacial score (nSPS) is 16.9. The van der Waals surface area contributed by atoms with Crippen LogP contribution in [0.3, 0.4) is 0 Å². The fourth-order valence-corrected chi connectivity index (χ4v) is 2.68. The molecule has 0 spiro atoms. The van der Waals surface area contributed by atoms with E-state index in [1.165, 1.54) is 31.5 Å². The van der Waals surface area contributed by atoms with Crippen LogP contribution < -0.4 is 15.2 Å². The summed E-state index contributed by atoms with van der Waals surface area (Å²) in [5.74, 6) is 1.75. The first-order chi connectivity index (χ1) is 10.2. The van der Waals surface area contributed by atoms with Crippen LogP contribution >= 0.6 is 0 Å². The number of rotatable bonds is 8. The van der Waals surface area contributed by atoms with Crippen LogP contribution in [0, 0.1) is 0 Å². The van der Waals surface area contributed by atoms with Crippen molar-refractivity contribution < 1.29 is 9.47 Å². The van der Waals surface area contributed by atoms with Crippen LogP contribution in [0.5, 0.6) is 11.5 Å². The highest BCUT2D eigenvalue weighted by atomic mass is 16.5. The number of nitrogens with two attached hydrogens (primary N) is 1. The highest BCUT2D eigenvalue weighted by Crippen LogP contribution is 2.26. The summed E-state index contributed by atoms with van der Waals surface area (Å²) in [7, 11) is 1.68. The van der Waals surface area contributed by atoms with Gasteiger partial charge in [0.15, 0.2) is 0 Å². The van der Waals surface area contributed by atoms with Gasteiger partial charge in [0.05, 0.1) is 7.11 Å². The van der Waals surface area contributed by atoms with Crippen molar-refractivity contribution in [3.8, 4) is 11.5 Å². The lowest BCUT2D eigenvalue weighted by Crippen LogP contribution is -2.25. The maximum atomic E-state index is 6.08. The number of hydrogen-bond acceptors (Lipinski definition) is 4. The van der Waals surface area contributed by atoms with Crippen molar-refractivity contribution in [2.45, 2.75) is 38.6 Å². The molecule has 2 rings (SSSR count). The van der Waals surface area contributed by atoms with E-state index in [4.69, 9.17) is 15.2 Å². The van der Waals surface area contributed by atoms with Gasteiger partial charge in [-0.25, -0.2) is 0 Å². The van der Waals surface area contributed by atoms with Crippen LogP contribution in [0.25, 0.3) is 0 Å². The molecule has 0 aliphatic carbocycles. The highest BCUT2D eigenvalue weighted by molar-refractivity contribution is 5.41. The first-order valence-electron chi connectivity index (χ1n) is 8.00. The Hall–Kier alpha value is -1.26. The van der Waals surface area contributed by atoms with E-state index in [1.54, 1.807) is 7.11 Å². The second-order valence-corrected chi connectivity index (χ2v) is 5.74. The average Bonchev–Trinajstić information content (AvgIpc) is 3.02. The van der Waals surface area contributed by atoms with Crippen molar-refractivity contribution in [3.63, 3.8) is 0 Å². The Kier molecular flexibility index (Phi) is 6.33. The second-order valence-electron chi connectivity index (χ2n) is 5.74. The zero-order valence-electron chi connectivity index (χ0n) is 13.3. The molecule has 1 saturated heterocycles. The van der Waals surface area contributed by atoms with Crippen LogP contribution in [0.15, 0.2) is 18.2 Å². The molecule has 1 heterocycles.